The zero-order valence-corrected chi connectivity index (χ0v) is 10.7. The van der Waals surface area contributed by atoms with E-state index in [-0.39, 0.29) is 17.9 Å². The van der Waals surface area contributed by atoms with Crippen LogP contribution in [0, 0.1) is 5.92 Å². The Hall–Kier alpha value is -1.42. The van der Waals surface area contributed by atoms with Crippen molar-refractivity contribution in [2.45, 2.75) is 39.3 Å². The van der Waals surface area contributed by atoms with E-state index in [0.29, 0.717) is 0 Å². The molecule has 0 saturated carbocycles. The molecular weight excluding hydrogens is 214 g/mol. The molecule has 3 atom stereocenters. The molecule has 1 heterocycles. The molecule has 0 aliphatic heterocycles. The fourth-order valence-corrected chi connectivity index (χ4v) is 1.56. The molecule has 0 unspecified atom stereocenters. The highest BCUT2D eigenvalue weighted by Gasteiger charge is 2.20. The SMILES string of the molecule is CC[C@H](C)[C@H](N)C(=O)N[C@@H](C)c1ccncc1. The molecule has 17 heavy (non-hydrogen) atoms. The first-order chi connectivity index (χ1) is 8.06. The lowest BCUT2D eigenvalue weighted by molar-refractivity contribution is -0.124. The Balaban J connectivity index is 2.57. The van der Waals surface area contributed by atoms with Crippen LogP contribution >= 0.6 is 0 Å². The molecule has 94 valence electrons. The van der Waals surface area contributed by atoms with Gasteiger partial charge in [-0.2, -0.15) is 0 Å². The number of carbonyl (C=O) groups is 1. The van der Waals surface area contributed by atoms with Gasteiger partial charge >= 0.3 is 0 Å². The van der Waals surface area contributed by atoms with E-state index >= 15 is 0 Å². The summed E-state index contributed by atoms with van der Waals surface area (Å²) in [5.74, 6) is 0.100. The number of amides is 1. The second kappa shape index (κ2) is 6.35. The molecule has 1 aromatic heterocycles. The Morgan fingerprint density at radius 2 is 2.00 bits per heavy atom. The highest BCUT2D eigenvalue weighted by Crippen LogP contribution is 2.12. The van der Waals surface area contributed by atoms with Crippen LogP contribution in [0.5, 0.6) is 0 Å². The maximum absolute atomic E-state index is 11.9. The third-order valence-electron chi connectivity index (χ3n) is 3.12. The summed E-state index contributed by atoms with van der Waals surface area (Å²) < 4.78 is 0. The monoisotopic (exact) mass is 235 g/mol. The van der Waals surface area contributed by atoms with Gasteiger partial charge in [0.25, 0.3) is 0 Å². The van der Waals surface area contributed by atoms with E-state index in [1.54, 1.807) is 12.4 Å². The molecule has 0 aliphatic carbocycles. The van der Waals surface area contributed by atoms with Crippen LogP contribution in [0.3, 0.4) is 0 Å². The van der Waals surface area contributed by atoms with E-state index in [1.807, 2.05) is 32.9 Å². The average molecular weight is 235 g/mol. The van der Waals surface area contributed by atoms with Crippen molar-refractivity contribution < 1.29 is 4.79 Å². The summed E-state index contributed by atoms with van der Waals surface area (Å²) in [4.78, 5) is 15.8. The molecule has 1 rings (SSSR count). The number of aromatic nitrogens is 1. The maximum atomic E-state index is 11.9. The minimum Gasteiger partial charge on any atom is -0.348 e. The fourth-order valence-electron chi connectivity index (χ4n) is 1.56. The lowest BCUT2D eigenvalue weighted by atomic mass is 9.99. The topological polar surface area (TPSA) is 68.0 Å². The number of hydrogen-bond donors (Lipinski definition) is 2. The van der Waals surface area contributed by atoms with Crippen LogP contribution in [-0.2, 0) is 4.79 Å². The predicted octanol–water partition coefficient (Wildman–Crippen LogP) is 1.63. The average Bonchev–Trinajstić information content (AvgIpc) is 2.37. The first-order valence-electron chi connectivity index (χ1n) is 6.02. The van der Waals surface area contributed by atoms with Crippen LogP contribution < -0.4 is 11.1 Å². The normalized spacial score (nSPS) is 16.0. The molecule has 0 fully saturated rings. The second-order valence-corrected chi connectivity index (χ2v) is 4.42. The van der Waals surface area contributed by atoms with Gasteiger partial charge in [-0.25, -0.2) is 0 Å². The fraction of sp³-hybridized carbons (Fsp3) is 0.538. The van der Waals surface area contributed by atoms with Gasteiger partial charge in [-0.15, -0.1) is 0 Å². The van der Waals surface area contributed by atoms with Gasteiger partial charge in [-0.05, 0) is 30.5 Å². The van der Waals surface area contributed by atoms with Crippen molar-refractivity contribution in [3.8, 4) is 0 Å². The van der Waals surface area contributed by atoms with Crippen LogP contribution in [0.2, 0.25) is 0 Å². The van der Waals surface area contributed by atoms with E-state index in [2.05, 4.69) is 10.3 Å². The third-order valence-corrected chi connectivity index (χ3v) is 3.12. The van der Waals surface area contributed by atoms with E-state index in [4.69, 9.17) is 5.73 Å². The van der Waals surface area contributed by atoms with Crippen molar-refractivity contribution in [3.63, 3.8) is 0 Å². The molecule has 4 nitrogen and oxygen atoms in total. The first-order valence-corrected chi connectivity index (χ1v) is 6.02. The standard InChI is InChI=1S/C13H21N3O/c1-4-9(2)12(14)13(17)16-10(3)11-5-7-15-8-6-11/h5-10,12H,4,14H2,1-3H3,(H,16,17)/t9-,10-,12-/m0/s1. The van der Waals surface area contributed by atoms with Gasteiger partial charge in [0.15, 0.2) is 0 Å². The van der Waals surface area contributed by atoms with Crippen LogP contribution in [0.4, 0.5) is 0 Å². The Bertz CT molecular complexity index is 353. The van der Waals surface area contributed by atoms with Gasteiger partial charge in [0.05, 0.1) is 12.1 Å². The molecule has 3 N–H and O–H groups in total. The summed E-state index contributed by atoms with van der Waals surface area (Å²) in [6.45, 7) is 5.96. The van der Waals surface area contributed by atoms with Gasteiger partial charge in [0.2, 0.25) is 5.91 Å². The third kappa shape index (κ3) is 3.82. The molecule has 0 aromatic carbocycles. The molecular formula is C13H21N3O. The van der Waals surface area contributed by atoms with Crippen molar-refractivity contribution in [1.82, 2.24) is 10.3 Å². The molecule has 0 spiro atoms. The molecule has 1 amide bonds. The summed E-state index contributed by atoms with van der Waals surface area (Å²) in [5.41, 5.74) is 6.91. The van der Waals surface area contributed by atoms with Gasteiger partial charge in [-0.1, -0.05) is 20.3 Å². The number of nitrogens with zero attached hydrogens (tertiary/aromatic N) is 1. The Kier molecular flexibility index (Phi) is 5.10. The van der Waals surface area contributed by atoms with Gasteiger partial charge < -0.3 is 11.1 Å². The second-order valence-electron chi connectivity index (χ2n) is 4.42. The number of rotatable bonds is 5. The maximum Gasteiger partial charge on any atom is 0.237 e. The molecule has 0 bridgehead atoms. The van der Waals surface area contributed by atoms with Gasteiger partial charge in [0.1, 0.15) is 0 Å². The summed E-state index contributed by atoms with van der Waals surface area (Å²) in [5, 5.41) is 2.92. The lowest BCUT2D eigenvalue weighted by Gasteiger charge is -2.21. The number of pyridine rings is 1. The Labute approximate surface area is 103 Å². The summed E-state index contributed by atoms with van der Waals surface area (Å²) in [7, 11) is 0. The minimum atomic E-state index is -0.440. The van der Waals surface area contributed by atoms with E-state index in [1.165, 1.54) is 0 Å². The van der Waals surface area contributed by atoms with E-state index < -0.39 is 6.04 Å². The van der Waals surface area contributed by atoms with Crippen molar-refractivity contribution in [1.29, 1.82) is 0 Å². The number of nitrogens with two attached hydrogens (primary N) is 1. The van der Waals surface area contributed by atoms with Crippen LogP contribution in [-0.4, -0.2) is 16.9 Å². The summed E-state index contributed by atoms with van der Waals surface area (Å²) >= 11 is 0. The van der Waals surface area contributed by atoms with E-state index in [9.17, 15) is 4.79 Å². The van der Waals surface area contributed by atoms with Gasteiger partial charge in [-0.3, -0.25) is 9.78 Å². The lowest BCUT2D eigenvalue weighted by Crippen LogP contribution is -2.45. The Morgan fingerprint density at radius 3 is 2.53 bits per heavy atom. The van der Waals surface area contributed by atoms with E-state index in [0.717, 1.165) is 12.0 Å². The van der Waals surface area contributed by atoms with Crippen molar-refractivity contribution in [3.05, 3.63) is 30.1 Å². The van der Waals surface area contributed by atoms with Crippen molar-refractivity contribution >= 4 is 5.91 Å². The zero-order chi connectivity index (χ0) is 12.8. The molecule has 0 radical (unpaired) electrons. The number of nitrogens with one attached hydrogen (secondary N) is 1. The highest BCUT2D eigenvalue weighted by atomic mass is 16.2. The summed E-state index contributed by atoms with van der Waals surface area (Å²) in [6, 6.07) is 3.30. The predicted molar refractivity (Wildman–Crippen MR) is 68.2 cm³/mol. The number of carbonyl (C=O) groups excluding carboxylic acids is 1. The van der Waals surface area contributed by atoms with Crippen molar-refractivity contribution in [2.24, 2.45) is 11.7 Å². The summed E-state index contributed by atoms with van der Waals surface area (Å²) in [6.07, 6.45) is 4.33. The quantitative estimate of drug-likeness (QED) is 0.815. The van der Waals surface area contributed by atoms with Crippen molar-refractivity contribution in [2.75, 3.05) is 0 Å². The van der Waals surface area contributed by atoms with Crippen LogP contribution in [0.15, 0.2) is 24.5 Å². The molecule has 4 heteroatoms. The largest absolute Gasteiger partial charge is 0.348 e. The minimum absolute atomic E-state index is 0.0411. The highest BCUT2D eigenvalue weighted by molar-refractivity contribution is 5.82. The van der Waals surface area contributed by atoms with Crippen LogP contribution in [0.1, 0.15) is 38.8 Å². The zero-order valence-electron chi connectivity index (χ0n) is 10.7. The number of hydrogen-bond acceptors (Lipinski definition) is 3. The first kappa shape index (κ1) is 13.6. The van der Waals surface area contributed by atoms with Crippen LogP contribution in [0.25, 0.3) is 0 Å². The molecule has 0 aliphatic rings. The smallest absolute Gasteiger partial charge is 0.237 e. The molecule has 0 saturated heterocycles. The molecule has 1 aromatic rings. The van der Waals surface area contributed by atoms with Gasteiger partial charge in [0, 0.05) is 12.4 Å². The Morgan fingerprint density at radius 1 is 1.41 bits per heavy atom.